The predicted octanol–water partition coefficient (Wildman–Crippen LogP) is 5.89. The maximum absolute atomic E-state index is 12.7. The summed E-state index contributed by atoms with van der Waals surface area (Å²) in [6.07, 6.45) is 2.60. The van der Waals surface area contributed by atoms with Crippen molar-refractivity contribution >= 4 is 63.5 Å². The van der Waals surface area contributed by atoms with Gasteiger partial charge < -0.3 is 5.32 Å². The van der Waals surface area contributed by atoms with Crippen LogP contribution in [0.4, 0.5) is 5.69 Å². The fraction of sp³-hybridized carbons (Fsp3) is 0.261. The molecule has 2 amide bonds. The lowest BCUT2D eigenvalue weighted by Gasteiger charge is -2.15. The number of thioether (sulfide) groups is 1. The Hall–Kier alpha value is -2.15. The van der Waals surface area contributed by atoms with Crippen LogP contribution in [0.25, 0.3) is 6.08 Å². The number of benzene rings is 2. The highest BCUT2D eigenvalue weighted by Crippen LogP contribution is 2.34. The first-order valence-corrected chi connectivity index (χ1v) is 11.2. The van der Waals surface area contributed by atoms with Gasteiger partial charge in [-0.2, -0.15) is 0 Å². The molecule has 156 valence electrons. The van der Waals surface area contributed by atoms with Crippen LogP contribution >= 0.6 is 35.6 Å². The highest BCUT2D eigenvalue weighted by Gasteiger charge is 2.31. The van der Waals surface area contributed by atoms with Gasteiger partial charge in [0.15, 0.2) is 0 Å². The number of carbonyl (C=O) groups is 2. The van der Waals surface area contributed by atoms with Crippen molar-refractivity contribution in [1.29, 1.82) is 0 Å². The molecule has 1 aliphatic rings. The number of thiocarbonyl (C=S) groups is 1. The minimum atomic E-state index is -0.143. The molecule has 30 heavy (non-hydrogen) atoms. The number of hydrogen-bond donors (Lipinski definition) is 1. The van der Waals surface area contributed by atoms with Crippen molar-refractivity contribution in [2.24, 2.45) is 0 Å². The van der Waals surface area contributed by atoms with Gasteiger partial charge in [-0.05, 0) is 56.0 Å². The summed E-state index contributed by atoms with van der Waals surface area (Å²) >= 11 is 12.8. The van der Waals surface area contributed by atoms with Crippen LogP contribution in [0.15, 0.2) is 41.3 Å². The van der Waals surface area contributed by atoms with Gasteiger partial charge in [0, 0.05) is 23.7 Å². The van der Waals surface area contributed by atoms with Crippen LogP contribution in [0.1, 0.15) is 35.1 Å². The van der Waals surface area contributed by atoms with Gasteiger partial charge in [0.05, 0.1) is 4.91 Å². The Morgan fingerprint density at radius 2 is 1.87 bits per heavy atom. The lowest BCUT2D eigenvalue weighted by molar-refractivity contribution is -0.122. The molecule has 1 heterocycles. The molecule has 1 saturated heterocycles. The lowest BCUT2D eigenvalue weighted by atomic mass is 10.0. The van der Waals surface area contributed by atoms with E-state index in [4.69, 9.17) is 23.8 Å². The highest BCUT2D eigenvalue weighted by molar-refractivity contribution is 8.26. The Balaban J connectivity index is 1.57. The molecule has 1 fully saturated rings. The zero-order valence-electron chi connectivity index (χ0n) is 17.1. The normalized spacial score (nSPS) is 15.2. The lowest BCUT2D eigenvalue weighted by Crippen LogP contribution is -2.29. The fourth-order valence-electron chi connectivity index (χ4n) is 3.40. The first-order chi connectivity index (χ1) is 14.3. The molecule has 2 aromatic rings. The summed E-state index contributed by atoms with van der Waals surface area (Å²) in [5, 5.41) is 3.58. The molecule has 0 unspecified atom stereocenters. The highest BCUT2D eigenvalue weighted by atomic mass is 35.5. The average molecular weight is 459 g/mol. The number of rotatable bonds is 6. The number of halogens is 1. The number of hydrogen-bond acceptors (Lipinski definition) is 4. The summed E-state index contributed by atoms with van der Waals surface area (Å²) in [6, 6.07) is 11.4. The molecule has 1 N–H and O–H groups in total. The first kappa shape index (κ1) is 22.5. The third kappa shape index (κ3) is 5.31. The van der Waals surface area contributed by atoms with Crippen molar-refractivity contribution in [2.75, 3.05) is 11.9 Å². The Morgan fingerprint density at radius 1 is 1.20 bits per heavy atom. The second-order valence-corrected chi connectivity index (χ2v) is 9.36. The van der Waals surface area contributed by atoms with E-state index < -0.39 is 0 Å². The minimum Gasteiger partial charge on any atom is -0.326 e. The van der Waals surface area contributed by atoms with Gasteiger partial charge >= 0.3 is 0 Å². The van der Waals surface area contributed by atoms with Crippen molar-refractivity contribution < 1.29 is 9.59 Å². The summed E-state index contributed by atoms with van der Waals surface area (Å²) in [5.74, 6) is -0.211. The maximum atomic E-state index is 12.7. The molecule has 4 nitrogen and oxygen atoms in total. The quantitative estimate of drug-likeness (QED) is 0.433. The monoisotopic (exact) mass is 458 g/mol. The van der Waals surface area contributed by atoms with Gasteiger partial charge in [0.25, 0.3) is 5.91 Å². The molecular formula is C23H23ClN2O2S2. The number of amides is 2. The van der Waals surface area contributed by atoms with E-state index in [2.05, 4.69) is 5.32 Å². The molecule has 0 radical (unpaired) electrons. The Kier molecular flexibility index (Phi) is 7.34. The van der Waals surface area contributed by atoms with Crippen LogP contribution in [-0.2, 0) is 9.59 Å². The molecule has 0 saturated carbocycles. The largest absolute Gasteiger partial charge is 0.326 e. The second-order valence-electron chi connectivity index (χ2n) is 7.28. The second kappa shape index (κ2) is 9.77. The van der Waals surface area contributed by atoms with E-state index in [0.717, 1.165) is 22.4 Å². The van der Waals surface area contributed by atoms with E-state index in [1.165, 1.54) is 17.3 Å². The van der Waals surface area contributed by atoms with Crippen molar-refractivity contribution in [3.8, 4) is 0 Å². The third-order valence-electron chi connectivity index (χ3n) is 4.79. The molecule has 0 bridgehead atoms. The number of carbonyl (C=O) groups excluding carboxylic acids is 2. The van der Waals surface area contributed by atoms with Crippen LogP contribution in [-0.4, -0.2) is 27.6 Å². The Bertz CT molecular complexity index is 1030. The average Bonchev–Trinajstić information content (AvgIpc) is 2.94. The topological polar surface area (TPSA) is 49.4 Å². The number of nitrogens with zero attached hydrogens (tertiary/aromatic N) is 1. The van der Waals surface area contributed by atoms with Gasteiger partial charge in [0.2, 0.25) is 5.91 Å². The predicted molar refractivity (Wildman–Crippen MR) is 130 cm³/mol. The molecule has 1 aliphatic heterocycles. The van der Waals surface area contributed by atoms with Crippen molar-refractivity contribution in [1.82, 2.24) is 4.90 Å². The summed E-state index contributed by atoms with van der Waals surface area (Å²) < 4.78 is 0.504. The first-order valence-electron chi connectivity index (χ1n) is 9.64. The van der Waals surface area contributed by atoms with E-state index in [-0.39, 0.29) is 11.8 Å². The van der Waals surface area contributed by atoms with E-state index in [0.29, 0.717) is 33.6 Å². The molecule has 0 aliphatic carbocycles. The smallest absolute Gasteiger partial charge is 0.266 e. The van der Waals surface area contributed by atoms with Gasteiger partial charge in [0.1, 0.15) is 4.32 Å². The summed E-state index contributed by atoms with van der Waals surface area (Å²) in [7, 11) is 0. The molecule has 2 aromatic carbocycles. The van der Waals surface area contributed by atoms with Gasteiger partial charge in [-0.3, -0.25) is 14.5 Å². The molecular weight excluding hydrogens is 436 g/mol. The van der Waals surface area contributed by atoms with Gasteiger partial charge in [-0.1, -0.05) is 71.5 Å². The molecule has 7 heteroatoms. The number of aryl methyl sites for hydroxylation is 3. The standard InChI is InChI=1S/C23H23ClN2O2S2/c1-14-11-15(2)21(16(3)12-14)25-20(27)9-6-10-26-22(28)19(30-23(26)29)13-17-7-4-5-8-18(17)24/h4-5,7-8,11-13H,6,9-10H2,1-3H3,(H,25,27)/b19-13+. The van der Waals surface area contributed by atoms with E-state index in [1.807, 2.05) is 51.1 Å². The minimum absolute atomic E-state index is 0.0675. The molecule has 0 spiro atoms. The number of anilines is 1. The maximum Gasteiger partial charge on any atom is 0.266 e. The van der Waals surface area contributed by atoms with E-state index >= 15 is 0 Å². The van der Waals surface area contributed by atoms with E-state index in [9.17, 15) is 9.59 Å². The van der Waals surface area contributed by atoms with Crippen LogP contribution in [0.3, 0.4) is 0 Å². The van der Waals surface area contributed by atoms with Crippen molar-refractivity contribution in [3.63, 3.8) is 0 Å². The van der Waals surface area contributed by atoms with Crippen LogP contribution < -0.4 is 5.32 Å². The number of nitrogens with one attached hydrogen (secondary N) is 1. The third-order valence-corrected chi connectivity index (χ3v) is 6.51. The Labute approximate surface area is 191 Å². The van der Waals surface area contributed by atoms with Crippen LogP contribution in [0.2, 0.25) is 5.02 Å². The summed E-state index contributed by atoms with van der Waals surface area (Å²) in [4.78, 5) is 27.2. The molecule has 0 aromatic heterocycles. The van der Waals surface area contributed by atoms with Crippen LogP contribution in [0.5, 0.6) is 0 Å². The van der Waals surface area contributed by atoms with Gasteiger partial charge in [-0.15, -0.1) is 0 Å². The SMILES string of the molecule is Cc1cc(C)c(NC(=O)CCCN2C(=O)/C(=C\c3ccccc3Cl)SC2=S)c(C)c1. The molecule has 3 rings (SSSR count). The van der Waals surface area contributed by atoms with Crippen molar-refractivity contribution in [3.05, 3.63) is 68.6 Å². The fourth-order valence-corrected chi connectivity index (χ4v) is 4.89. The Morgan fingerprint density at radius 3 is 2.53 bits per heavy atom. The summed E-state index contributed by atoms with van der Waals surface area (Å²) in [6.45, 7) is 6.42. The molecule has 0 atom stereocenters. The van der Waals surface area contributed by atoms with Gasteiger partial charge in [-0.25, -0.2) is 0 Å². The van der Waals surface area contributed by atoms with E-state index in [1.54, 1.807) is 17.0 Å². The zero-order chi connectivity index (χ0) is 21.8. The van der Waals surface area contributed by atoms with Crippen LogP contribution in [0, 0.1) is 20.8 Å². The van der Waals surface area contributed by atoms with Crippen molar-refractivity contribution in [2.45, 2.75) is 33.6 Å². The summed E-state index contributed by atoms with van der Waals surface area (Å²) in [5.41, 5.74) is 4.90. The zero-order valence-corrected chi connectivity index (χ0v) is 19.5.